The third-order valence-electron chi connectivity index (χ3n) is 4.48. The lowest BCUT2D eigenvalue weighted by Gasteiger charge is -2.09. The summed E-state index contributed by atoms with van der Waals surface area (Å²) in [4.78, 5) is 34.8. The maximum atomic E-state index is 12.6. The van der Waals surface area contributed by atoms with E-state index in [0.717, 1.165) is 11.1 Å². The molecule has 0 saturated carbocycles. The van der Waals surface area contributed by atoms with Crippen LogP contribution in [0, 0.1) is 6.92 Å². The SMILES string of the molecule is CONc1cccc(C(=O)Nc2cccc(Cc3nc4scc(C)c4c(=O)o3)c2)c1. The first-order valence-electron chi connectivity index (χ1n) is 9.20. The van der Waals surface area contributed by atoms with Crippen molar-refractivity contribution in [3.05, 3.63) is 86.9 Å². The normalized spacial score (nSPS) is 10.9. The molecule has 2 aromatic carbocycles. The molecule has 2 aromatic heterocycles. The van der Waals surface area contributed by atoms with Gasteiger partial charge in [0.25, 0.3) is 5.91 Å². The molecule has 4 rings (SSSR count). The summed E-state index contributed by atoms with van der Waals surface area (Å²) in [5.41, 5.74) is 5.88. The number of hydrogen-bond donors (Lipinski definition) is 2. The fourth-order valence-corrected chi connectivity index (χ4v) is 4.03. The van der Waals surface area contributed by atoms with Crippen LogP contribution in [0.5, 0.6) is 0 Å². The summed E-state index contributed by atoms with van der Waals surface area (Å²) >= 11 is 1.42. The molecule has 0 aliphatic heterocycles. The molecule has 0 aliphatic rings. The number of thiophene rings is 1. The van der Waals surface area contributed by atoms with Gasteiger partial charge in [0.05, 0.1) is 18.2 Å². The average molecular weight is 421 g/mol. The maximum Gasteiger partial charge on any atom is 0.348 e. The monoisotopic (exact) mass is 421 g/mol. The second-order valence-corrected chi connectivity index (χ2v) is 7.57. The van der Waals surface area contributed by atoms with Gasteiger partial charge in [-0.25, -0.2) is 9.78 Å². The van der Waals surface area contributed by atoms with E-state index in [1.807, 2.05) is 30.5 Å². The molecule has 4 aromatic rings. The van der Waals surface area contributed by atoms with Crippen LogP contribution in [0.1, 0.15) is 27.4 Å². The Labute approximate surface area is 176 Å². The van der Waals surface area contributed by atoms with E-state index in [9.17, 15) is 9.59 Å². The average Bonchev–Trinajstić information content (AvgIpc) is 3.10. The Morgan fingerprint density at radius 2 is 1.97 bits per heavy atom. The molecule has 0 spiro atoms. The maximum absolute atomic E-state index is 12.6. The predicted octanol–water partition coefficient (Wildman–Crippen LogP) is 4.37. The van der Waals surface area contributed by atoms with Gasteiger partial charge in [-0.15, -0.1) is 11.3 Å². The second kappa shape index (κ2) is 8.48. The molecule has 2 N–H and O–H groups in total. The Morgan fingerprint density at radius 1 is 1.17 bits per heavy atom. The molecule has 0 unspecified atom stereocenters. The molecule has 2 heterocycles. The van der Waals surface area contributed by atoms with Gasteiger partial charge >= 0.3 is 5.63 Å². The van der Waals surface area contributed by atoms with E-state index < -0.39 is 0 Å². The Bertz CT molecular complexity index is 1280. The third-order valence-corrected chi connectivity index (χ3v) is 5.47. The number of carbonyl (C=O) groups excluding carboxylic acids is 1. The minimum atomic E-state index is -0.372. The molecule has 30 heavy (non-hydrogen) atoms. The van der Waals surface area contributed by atoms with Crippen LogP contribution in [0.25, 0.3) is 10.2 Å². The van der Waals surface area contributed by atoms with Crippen LogP contribution in [0.4, 0.5) is 11.4 Å². The molecule has 0 bridgehead atoms. The van der Waals surface area contributed by atoms with Crippen molar-refractivity contribution in [3.63, 3.8) is 0 Å². The van der Waals surface area contributed by atoms with E-state index in [4.69, 9.17) is 9.25 Å². The number of nitrogens with one attached hydrogen (secondary N) is 2. The highest BCUT2D eigenvalue weighted by Gasteiger charge is 2.12. The van der Waals surface area contributed by atoms with Crippen molar-refractivity contribution < 1.29 is 14.0 Å². The number of hydrogen-bond acceptors (Lipinski definition) is 7. The van der Waals surface area contributed by atoms with Crippen LogP contribution in [0.2, 0.25) is 0 Å². The van der Waals surface area contributed by atoms with E-state index in [-0.39, 0.29) is 11.5 Å². The van der Waals surface area contributed by atoms with Gasteiger partial charge in [0.1, 0.15) is 4.83 Å². The number of rotatable bonds is 6. The highest BCUT2D eigenvalue weighted by molar-refractivity contribution is 7.16. The van der Waals surface area contributed by atoms with Crippen LogP contribution in [0.15, 0.2) is 63.1 Å². The van der Waals surface area contributed by atoms with Crippen molar-refractivity contribution in [3.8, 4) is 0 Å². The van der Waals surface area contributed by atoms with Gasteiger partial charge < -0.3 is 9.73 Å². The lowest BCUT2D eigenvalue weighted by Crippen LogP contribution is -2.12. The Hall–Kier alpha value is -3.49. The first-order valence-corrected chi connectivity index (χ1v) is 10.1. The van der Waals surface area contributed by atoms with E-state index in [1.165, 1.54) is 18.4 Å². The Balaban J connectivity index is 1.52. The largest absolute Gasteiger partial charge is 0.407 e. The fourth-order valence-electron chi connectivity index (χ4n) is 3.11. The van der Waals surface area contributed by atoms with Crippen molar-refractivity contribution >= 4 is 38.8 Å². The minimum absolute atomic E-state index is 0.243. The molecular formula is C22H19N3O4S. The van der Waals surface area contributed by atoms with Gasteiger partial charge in [0.15, 0.2) is 0 Å². The van der Waals surface area contributed by atoms with Gasteiger partial charge in [-0.05, 0) is 53.8 Å². The van der Waals surface area contributed by atoms with Crippen molar-refractivity contribution in [1.82, 2.24) is 4.98 Å². The topological polar surface area (TPSA) is 93.5 Å². The molecule has 7 nitrogen and oxygen atoms in total. The van der Waals surface area contributed by atoms with Crippen LogP contribution in [-0.4, -0.2) is 18.0 Å². The molecule has 0 saturated heterocycles. The van der Waals surface area contributed by atoms with Gasteiger partial charge in [-0.3, -0.25) is 15.1 Å². The van der Waals surface area contributed by atoms with Gasteiger partial charge in [0.2, 0.25) is 5.89 Å². The number of carbonyl (C=O) groups is 1. The van der Waals surface area contributed by atoms with Crippen LogP contribution >= 0.6 is 11.3 Å². The number of aryl methyl sites for hydroxylation is 1. The van der Waals surface area contributed by atoms with Crippen LogP contribution in [0.3, 0.4) is 0 Å². The lowest BCUT2D eigenvalue weighted by molar-refractivity contribution is 0.102. The van der Waals surface area contributed by atoms with E-state index in [2.05, 4.69) is 15.8 Å². The summed E-state index contributed by atoms with van der Waals surface area (Å²) in [6.07, 6.45) is 0.346. The van der Waals surface area contributed by atoms with E-state index >= 15 is 0 Å². The quantitative estimate of drug-likeness (QED) is 0.449. The summed E-state index contributed by atoms with van der Waals surface area (Å²) in [6, 6.07) is 14.3. The summed E-state index contributed by atoms with van der Waals surface area (Å²) < 4.78 is 5.39. The number of benzene rings is 2. The van der Waals surface area contributed by atoms with Crippen molar-refractivity contribution in [2.24, 2.45) is 0 Å². The first-order chi connectivity index (χ1) is 14.5. The smallest absolute Gasteiger partial charge is 0.348 e. The highest BCUT2D eigenvalue weighted by atomic mass is 32.1. The standard InChI is InChI=1S/C22H19N3O4S/c1-13-12-30-21-19(13)22(27)29-18(24-21)10-14-5-3-7-16(9-14)23-20(26)15-6-4-8-17(11-15)25-28-2/h3-9,11-12,25H,10H2,1-2H3,(H,23,26). The molecule has 0 radical (unpaired) electrons. The summed E-state index contributed by atoms with van der Waals surface area (Å²) in [5.74, 6) is 0.100. The fraction of sp³-hybridized carbons (Fsp3) is 0.136. The van der Waals surface area contributed by atoms with Gasteiger partial charge in [-0.1, -0.05) is 18.2 Å². The summed E-state index contributed by atoms with van der Waals surface area (Å²) in [5, 5.41) is 5.31. The molecule has 0 fully saturated rings. The van der Waals surface area contributed by atoms with Crippen molar-refractivity contribution in [1.29, 1.82) is 0 Å². The number of fused-ring (bicyclic) bond motifs is 1. The van der Waals surface area contributed by atoms with Gasteiger partial charge in [0, 0.05) is 17.7 Å². The molecule has 152 valence electrons. The molecular weight excluding hydrogens is 402 g/mol. The van der Waals surface area contributed by atoms with E-state index in [0.29, 0.717) is 39.5 Å². The molecule has 1 amide bonds. The number of anilines is 2. The van der Waals surface area contributed by atoms with Crippen LogP contribution < -0.4 is 16.4 Å². The summed E-state index contributed by atoms with van der Waals surface area (Å²) in [6.45, 7) is 1.87. The van der Waals surface area contributed by atoms with Crippen molar-refractivity contribution in [2.75, 3.05) is 17.9 Å². The number of aromatic nitrogens is 1. The Kier molecular flexibility index (Phi) is 5.60. The second-order valence-electron chi connectivity index (χ2n) is 6.71. The van der Waals surface area contributed by atoms with Crippen LogP contribution in [-0.2, 0) is 11.3 Å². The zero-order valence-corrected chi connectivity index (χ0v) is 17.2. The molecule has 8 heteroatoms. The highest BCUT2D eigenvalue weighted by Crippen LogP contribution is 2.22. The molecule has 0 atom stereocenters. The zero-order chi connectivity index (χ0) is 21.1. The molecule has 0 aliphatic carbocycles. The Morgan fingerprint density at radius 3 is 2.80 bits per heavy atom. The van der Waals surface area contributed by atoms with E-state index in [1.54, 1.807) is 30.3 Å². The zero-order valence-electron chi connectivity index (χ0n) is 16.4. The first kappa shape index (κ1) is 19.8. The minimum Gasteiger partial charge on any atom is -0.407 e. The predicted molar refractivity (Wildman–Crippen MR) is 117 cm³/mol. The number of amides is 1. The third kappa shape index (κ3) is 4.24. The lowest BCUT2D eigenvalue weighted by atomic mass is 10.1. The van der Waals surface area contributed by atoms with Crippen molar-refractivity contribution in [2.45, 2.75) is 13.3 Å². The van der Waals surface area contributed by atoms with Gasteiger partial charge in [-0.2, -0.15) is 0 Å². The summed E-state index contributed by atoms with van der Waals surface area (Å²) in [7, 11) is 1.51. The number of nitrogens with zero attached hydrogens (tertiary/aromatic N) is 1.